The highest BCUT2D eigenvalue weighted by Gasteiger charge is 2.27. The molecular weight excluding hydrogens is 236 g/mol. The normalized spacial score (nSPS) is 23.7. The molecule has 2 atom stereocenters. The maximum atomic E-state index is 9.08. The summed E-state index contributed by atoms with van der Waals surface area (Å²) in [5, 5.41) is 9.08. The van der Waals surface area contributed by atoms with Crippen molar-refractivity contribution < 1.29 is 14.6 Å². The van der Waals surface area contributed by atoms with Crippen molar-refractivity contribution in [2.24, 2.45) is 0 Å². The maximum Gasteiger partial charge on any atom is 0.245 e. The molecule has 96 valence electrons. The van der Waals surface area contributed by atoms with Crippen LogP contribution >= 0.6 is 0 Å². The van der Waals surface area contributed by atoms with Crippen LogP contribution in [0, 0.1) is 0 Å². The molecule has 3 rings (SSSR count). The highest BCUT2D eigenvalue weighted by Crippen LogP contribution is 2.31. The average molecular weight is 250 g/mol. The lowest BCUT2D eigenvalue weighted by molar-refractivity contribution is -0.0207. The van der Waals surface area contributed by atoms with Gasteiger partial charge in [0.25, 0.3) is 0 Å². The predicted molar refractivity (Wildman–Crippen MR) is 62.1 cm³/mol. The van der Waals surface area contributed by atoms with Gasteiger partial charge in [0.2, 0.25) is 5.88 Å². The van der Waals surface area contributed by atoms with Gasteiger partial charge < -0.3 is 14.6 Å². The van der Waals surface area contributed by atoms with Gasteiger partial charge in [0.15, 0.2) is 11.2 Å². The second kappa shape index (κ2) is 4.51. The molecular formula is C11H14N4O3. The Labute approximate surface area is 103 Å². The molecule has 7 nitrogen and oxygen atoms in total. The summed E-state index contributed by atoms with van der Waals surface area (Å²) in [5.74, 6) is 0.454. The van der Waals surface area contributed by atoms with Crippen LogP contribution in [0.15, 0.2) is 12.7 Å². The first-order valence-corrected chi connectivity index (χ1v) is 5.81. The molecule has 1 aliphatic rings. The number of hydrogen-bond acceptors (Lipinski definition) is 6. The van der Waals surface area contributed by atoms with Crippen LogP contribution in [0.25, 0.3) is 11.2 Å². The van der Waals surface area contributed by atoms with E-state index in [1.54, 1.807) is 13.4 Å². The van der Waals surface area contributed by atoms with E-state index in [2.05, 4.69) is 15.0 Å². The van der Waals surface area contributed by atoms with Crippen molar-refractivity contribution in [2.45, 2.75) is 25.2 Å². The zero-order valence-corrected chi connectivity index (χ0v) is 9.98. The third kappa shape index (κ3) is 1.72. The number of aliphatic hydroxyl groups excluding tert-OH is 1. The summed E-state index contributed by atoms with van der Waals surface area (Å²) in [5.41, 5.74) is 1.31. The van der Waals surface area contributed by atoms with Crippen molar-refractivity contribution in [1.82, 2.24) is 19.5 Å². The summed E-state index contributed by atoms with van der Waals surface area (Å²) in [4.78, 5) is 12.5. The standard InChI is InChI=1S/C11H14N4O3/c1-17-11-9-10(12-5-13-11)15(6-14-9)8-3-2-7(4-16)18-8/h5-8,16H,2-4H2,1H3/t7-,8?/m0/s1. The monoisotopic (exact) mass is 250 g/mol. The van der Waals surface area contributed by atoms with Gasteiger partial charge in [0.05, 0.1) is 26.1 Å². The molecule has 1 saturated heterocycles. The van der Waals surface area contributed by atoms with E-state index in [0.29, 0.717) is 17.0 Å². The number of hydrogen-bond donors (Lipinski definition) is 1. The van der Waals surface area contributed by atoms with Gasteiger partial charge >= 0.3 is 0 Å². The third-order valence-electron chi connectivity index (χ3n) is 3.12. The van der Waals surface area contributed by atoms with E-state index in [0.717, 1.165) is 12.8 Å². The van der Waals surface area contributed by atoms with Crippen molar-refractivity contribution in [3.8, 4) is 5.88 Å². The minimum atomic E-state index is -0.133. The molecule has 2 aromatic heterocycles. The number of rotatable bonds is 3. The Morgan fingerprint density at radius 2 is 2.33 bits per heavy atom. The number of methoxy groups -OCH3 is 1. The van der Waals surface area contributed by atoms with Gasteiger partial charge in [0, 0.05) is 0 Å². The highest BCUT2D eigenvalue weighted by atomic mass is 16.5. The van der Waals surface area contributed by atoms with Crippen molar-refractivity contribution in [1.29, 1.82) is 0 Å². The summed E-state index contributed by atoms with van der Waals surface area (Å²) in [6, 6.07) is 0. The Morgan fingerprint density at radius 3 is 3.06 bits per heavy atom. The molecule has 0 radical (unpaired) electrons. The smallest absolute Gasteiger partial charge is 0.245 e. The Morgan fingerprint density at radius 1 is 1.44 bits per heavy atom. The Hall–Kier alpha value is -1.73. The van der Waals surface area contributed by atoms with Crippen LogP contribution in [-0.4, -0.2) is 44.4 Å². The van der Waals surface area contributed by atoms with Crippen LogP contribution in [0.3, 0.4) is 0 Å². The molecule has 0 amide bonds. The molecule has 2 aromatic rings. The lowest BCUT2D eigenvalue weighted by Crippen LogP contribution is -2.14. The fourth-order valence-electron chi connectivity index (χ4n) is 2.22. The second-order valence-corrected chi connectivity index (χ2v) is 4.18. The maximum absolute atomic E-state index is 9.08. The van der Waals surface area contributed by atoms with Crippen LogP contribution in [0.5, 0.6) is 5.88 Å². The zero-order valence-electron chi connectivity index (χ0n) is 9.98. The number of nitrogens with zero attached hydrogens (tertiary/aromatic N) is 4. The lowest BCUT2D eigenvalue weighted by Gasteiger charge is -2.13. The number of ether oxygens (including phenoxy) is 2. The first-order chi connectivity index (χ1) is 8.83. The quantitative estimate of drug-likeness (QED) is 0.854. The Balaban J connectivity index is 1.98. The van der Waals surface area contributed by atoms with E-state index in [1.807, 2.05) is 4.57 Å². The third-order valence-corrected chi connectivity index (χ3v) is 3.12. The van der Waals surface area contributed by atoms with Gasteiger partial charge in [-0.3, -0.25) is 4.57 Å². The van der Waals surface area contributed by atoms with Crippen LogP contribution in [-0.2, 0) is 4.74 Å². The Bertz CT molecular complexity index is 556. The number of fused-ring (bicyclic) bond motifs is 1. The fourth-order valence-corrected chi connectivity index (χ4v) is 2.22. The first-order valence-electron chi connectivity index (χ1n) is 5.81. The van der Waals surface area contributed by atoms with E-state index in [1.165, 1.54) is 6.33 Å². The molecule has 0 bridgehead atoms. The highest BCUT2D eigenvalue weighted by molar-refractivity contribution is 5.75. The minimum Gasteiger partial charge on any atom is -0.479 e. The van der Waals surface area contributed by atoms with E-state index in [4.69, 9.17) is 14.6 Å². The summed E-state index contributed by atoms with van der Waals surface area (Å²) in [6.45, 7) is 0.0431. The van der Waals surface area contributed by atoms with E-state index in [9.17, 15) is 0 Å². The molecule has 1 unspecified atom stereocenters. The van der Waals surface area contributed by atoms with Gasteiger partial charge in [-0.15, -0.1) is 0 Å². The molecule has 18 heavy (non-hydrogen) atoms. The predicted octanol–water partition coefficient (Wildman–Crippen LogP) is 0.505. The van der Waals surface area contributed by atoms with Crippen LogP contribution in [0.2, 0.25) is 0 Å². The number of aromatic nitrogens is 4. The van der Waals surface area contributed by atoms with E-state index < -0.39 is 0 Å². The molecule has 1 N–H and O–H groups in total. The lowest BCUT2D eigenvalue weighted by atomic mass is 10.2. The number of aliphatic hydroxyl groups is 1. The fraction of sp³-hybridized carbons (Fsp3) is 0.545. The van der Waals surface area contributed by atoms with Crippen molar-refractivity contribution in [2.75, 3.05) is 13.7 Å². The van der Waals surface area contributed by atoms with Gasteiger partial charge in [0.1, 0.15) is 12.6 Å². The average Bonchev–Trinajstić information content (AvgIpc) is 3.03. The van der Waals surface area contributed by atoms with Crippen LogP contribution < -0.4 is 4.74 Å². The van der Waals surface area contributed by atoms with Crippen LogP contribution in [0.4, 0.5) is 0 Å². The summed E-state index contributed by atoms with van der Waals surface area (Å²) >= 11 is 0. The van der Waals surface area contributed by atoms with Crippen molar-refractivity contribution >= 4 is 11.2 Å². The van der Waals surface area contributed by atoms with Crippen LogP contribution in [0.1, 0.15) is 19.1 Å². The van der Waals surface area contributed by atoms with E-state index in [-0.39, 0.29) is 18.9 Å². The molecule has 3 heterocycles. The van der Waals surface area contributed by atoms with Crippen molar-refractivity contribution in [3.63, 3.8) is 0 Å². The summed E-state index contributed by atoms with van der Waals surface area (Å²) in [7, 11) is 1.55. The summed E-state index contributed by atoms with van der Waals surface area (Å²) < 4.78 is 12.7. The largest absolute Gasteiger partial charge is 0.479 e. The molecule has 0 aromatic carbocycles. The number of imidazole rings is 1. The van der Waals surface area contributed by atoms with Gasteiger partial charge in [-0.2, -0.15) is 4.98 Å². The molecule has 1 fully saturated rings. The molecule has 0 saturated carbocycles. The van der Waals surface area contributed by atoms with Gasteiger partial charge in [-0.05, 0) is 12.8 Å². The first kappa shape index (κ1) is 11.4. The minimum absolute atomic E-state index is 0.0431. The SMILES string of the molecule is COc1ncnc2c1ncn2C1CC[C@@H](CO)O1. The second-order valence-electron chi connectivity index (χ2n) is 4.18. The van der Waals surface area contributed by atoms with E-state index >= 15 is 0 Å². The molecule has 0 aliphatic carbocycles. The molecule has 7 heteroatoms. The molecule has 1 aliphatic heterocycles. The van der Waals surface area contributed by atoms with Gasteiger partial charge in [-0.25, -0.2) is 9.97 Å². The topological polar surface area (TPSA) is 82.3 Å². The van der Waals surface area contributed by atoms with Gasteiger partial charge in [-0.1, -0.05) is 0 Å². The summed E-state index contributed by atoms with van der Waals surface area (Å²) in [6.07, 6.45) is 4.55. The molecule has 0 spiro atoms. The zero-order chi connectivity index (χ0) is 12.5. The Kier molecular flexibility index (Phi) is 2.85. The van der Waals surface area contributed by atoms with Crippen molar-refractivity contribution in [3.05, 3.63) is 12.7 Å².